The molecule has 10 heteroatoms. The second-order valence-corrected chi connectivity index (χ2v) is 8.13. The van der Waals surface area contributed by atoms with E-state index >= 15 is 0 Å². The number of carbonyl (C=O) groups excluding carboxylic acids is 1. The van der Waals surface area contributed by atoms with Gasteiger partial charge in [-0.2, -0.15) is 0 Å². The fourth-order valence-corrected chi connectivity index (χ4v) is 4.07. The second-order valence-electron chi connectivity index (χ2n) is 5.97. The number of para-hydroxylation sites is 1. The Hall–Kier alpha value is -2.72. The number of carbonyl (C=O) groups is 1. The minimum absolute atomic E-state index is 0.0676. The lowest BCUT2D eigenvalue weighted by atomic mass is 10.1. The van der Waals surface area contributed by atoms with Crippen molar-refractivity contribution in [1.82, 2.24) is 10.3 Å². The number of benzene rings is 2. The van der Waals surface area contributed by atoms with Crippen molar-refractivity contribution in [3.63, 3.8) is 0 Å². The molecule has 4 rings (SSSR count). The summed E-state index contributed by atoms with van der Waals surface area (Å²) in [5, 5.41) is 22.0. The second kappa shape index (κ2) is 7.36. The molecule has 0 bridgehead atoms. The monoisotopic (exact) mass is 459 g/mol. The Labute approximate surface area is 172 Å². The summed E-state index contributed by atoms with van der Waals surface area (Å²) >= 11 is 4.80. The summed E-state index contributed by atoms with van der Waals surface area (Å²) in [5.74, 6) is 0.404. The molecule has 142 valence electrons. The molecule has 8 nitrogen and oxygen atoms in total. The van der Waals surface area contributed by atoms with Crippen LogP contribution in [0.25, 0.3) is 5.70 Å². The average molecular weight is 460 g/mol. The molecule has 1 atom stereocenters. The van der Waals surface area contributed by atoms with Gasteiger partial charge in [0.2, 0.25) is 0 Å². The number of rotatable bonds is 3. The smallest absolute Gasteiger partial charge is 0.276 e. The van der Waals surface area contributed by atoms with Gasteiger partial charge in [0, 0.05) is 15.8 Å². The fourth-order valence-electron chi connectivity index (χ4n) is 3.13. The quantitative estimate of drug-likeness (QED) is 0.560. The maximum absolute atomic E-state index is 12.9. The Morgan fingerprint density at radius 2 is 2.11 bits per heavy atom. The molecule has 0 saturated carbocycles. The lowest BCUT2D eigenvalue weighted by Gasteiger charge is -2.33. The van der Waals surface area contributed by atoms with Crippen molar-refractivity contribution in [3.05, 3.63) is 73.2 Å². The highest BCUT2D eigenvalue weighted by Crippen LogP contribution is 2.35. The molecule has 2 heterocycles. The van der Waals surface area contributed by atoms with Crippen LogP contribution in [0.3, 0.4) is 0 Å². The third-order valence-electron chi connectivity index (χ3n) is 4.26. The van der Waals surface area contributed by atoms with Crippen LogP contribution >= 0.6 is 27.7 Å². The van der Waals surface area contributed by atoms with E-state index < -0.39 is 11.1 Å². The van der Waals surface area contributed by atoms with Crippen molar-refractivity contribution < 1.29 is 9.72 Å². The van der Waals surface area contributed by atoms with Crippen LogP contribution in [0.5, 0.6) is 0 Å². The molecule has 2 aliphatic heterocycles. The van der Waals surface area contributed by atoms with Gasteiger partial charge in [-0.1, -0.05) is 46.7 Å². The number of thioether (sulfide) groups is 1. The van der Waals surface area contributed by atoms with Crippen LogP contribution in [-0.2, 0) is 4.79 Å². The number of halogens is 1. The lowest BCUT2D eigenvalue weighted by Crippen LogP contribution is -2.50. The number of nitro benzene ring substituents is 1. The molecular weight excluding hydrogens is 446 g/mol. The molecule has 0 radical (unpaired) electrons. The van der Waals surface area contributed by atoms with Crippen LogP contribution in [0, 0.1) is 10.1 Å². The minimum Gasteiger partial charge on any atom is -0.298 e. The van der Waals surface area contributed by atoms with Gasteiger partial charge in [0.15, 0.2) is 11.3 Å². The summed E-state index contributed by atoms with van der Waals surface area (Å²) in [5.41, 5.74) is 0.620. The van der Waals surface area contributed by atoms with E-state index in [-0.39, 0.29) is 11.6 Å². The zero-order chi connectivity index (χ0) is 19.8. The van der Waals surface area contributed by atoms with Crippen LogP contribution < -0.4 is 15.9 Å². The molecule has 0 saturated heterocycles. The molecule has 0 fully saturated rings. The first-order valence-electron chi connectivity index (χ1n) is 8.42. The third kappa shape index (κ3) is 3.18. The molecule has 2 aromatic carbocycles. The molecule has 2 aliphatic rings. The molecule has 0 aromatic heterocycles. The Kier molecular flexibility index (Phi) is 4.90. The Balaban J connectivity index is 2.01. The van der Waals surface area contributed by atoms with Gasteiger partial charge in [-0.3, -0.25) is 25.2 Å². The highest BCUT2D eigenvalue weighted by molar-refractivity contribution is 9.10. The van der Waals surface area contributed by atoms with E-state index in [9.17, 15) is 14.9 Å². The number of amides is 1. The van der Waals surface area contributed by atoms with Crippen LogP contribution in [-0.4, -0.2) is 26.8 Å². The largest absolute Gasteiger partial charge is 0.298 e. The Morgan fingerprint density at radius 1 is 1.32 bits per heavy atom. The van der Waals surface area contributed by atoms with E-state index in [1.54, 1.807) is 30.3 Å². The van der Waals surface area contributed by atoms with Crippen molar-refractivity contribution in [2.24, 2.45) is 10.1 Å². The van der Waals surface area contributed by atoms with Gasteiger partial charge in [-0.15, -0.1) is 5.10 Å². The normalized spacial score (nSPS) is 17.9. The van der Waals surface area contributed by atoms with E-state index in [0.29, 0.717) is 27.0 Å². The van der Waals surface area contributed by atoms with E-state index in [2.05, 4.69) is 26.3 Å². The van der Waals surface area contributed by atoms with Gasteiger partial charge in [0.05, 0.1) is 15.8 Å². The molecular formula is C18H14BrN5O3S. The Morgan fingerprint density at radius 3 is 2.86 bits per heavy atom. The standard InChI is InChI=1S/C18H14BrN5O3S/c1-2-28-18-21-17(25)15-12-9-10(19)7-8-13(12)20-16(23(15)22-18)11-5-3-4-6-14(11)24(26)27/h3-9,16H,2H2,1H3,(H,21,22,25)/t16-/m0/s1. The Bertz CT molecular complexity index is 1150. The predicted molar refractivity (Wildman–Crippen MR) is 110 cm³/mol. The maximum Gasteiger partial charge on any atom is 0.276 e. The van der Waals surface area contributed by atoms with Crippen LogP contribution in [0.4, 0.5) is 5.69 Å². The summed E-state index contributed by atoms with van der Waals surface area (Å²) < 4.78 is 0.795. The average Bonchev–Trinajstić information content (AvgIpc) is 2.67. The first kappa shape index (κ1) is 18.6. The minimum atomic E-state index is -0.816. The predicted octanol–water partition coefficient (Wildman–Crippen LogP) is 2.25. The van der Waals surface area contributed by atoms with Gasteiger partial charge >= 0.3 is 0 Å². The van der Waals surface area contributed by atoms with E-state index in [1.807, 2.05) is 13.0 Å². The molecule has 0 aliphatic carbocycles. The lowest BCUT2D eigenvalue weighted by molar-refractivity contribution is -0.385. The van der Waals surface area contributed by atoms with Gasteiger partial charge in [-0.25, -0.2) is 5.01 Å². The summed E-state index contributed by atoms with van der Waals surface area (Å²) in [6.07, 6.45) is -0.816. The highest BCUT2D eigenvalue weighted by atomic mass is 79.9. The fraction of sp³-hybridized carbons (Fsp3) is 0.167. The third-order valence-corrected chi connectivity index (χ3v) is 5.50. The van der Waals surface area contributed by atoms with E-state index in [4.69, 9.17) is 4.99 Å². The number of fused-ring (bicyclic) bond motifs is 2. The van der Waals surface area contributed by atoms with Crippen molar-refractivity contribution in [2.45, 2.75) is 13.1 Å². The molecule has 1 amide bonds. The van der Waals surface area contributed by atoms with Gasteiger partial charge < -0.3 is 0 Å². The van der Waals surface area contributed by atoms with Crippen molar-refractivity contribution in [2.75, 3.05) is 5.75 Å². The topological polar surface area (TPSA) is 100 Å². The zero-order valence-corrected chi connectivity index (χ0v) is 17.0. The van der Waals surface area contributed by atoms with Gasteiger partial charge in [0.1, 0.15) is 5.70 Å². The van der Waals surface area contributed by atoms with Crippen LogP contribution in [0.15, 0.2) is 57.0 Å². The van der Waals surface area contributed by atoms with Crippen LogP contribution in [0.1, 0.15) is 18.7 Å². The number of nitrogens with one attached hydrogen (secondary N) is 1. The van der Waals surface area contributed by atoms with Gasteiger partial charge in [0.25, 0.3) is 11.6 Å². The number of hydrogen-bond donors (Lipinski definition) is 1. The molecule has 2 aromatic rings. The number of nitrogens with zero attached hydrogens (tertiary/aromatic N) is 4. The molecule has 0 unspecified atom stereocenters. The summed E-state index contributed by atoms with van der Waals surface area (Å²) in [6, 6.07) is 11.8. The number of hydrazone groups is 1. The number of nitro groups is 1. The maximum atomic E-state index is 12.9. The molecule has 28 heavy (non-hydrogen) atoms. The van der Waals surface area contributed by atoms with E-state index in [0.717, 1.165) is 10.2 Å². The number of hydrogen-bond acceptors (Lipinski definition) is 7. The summed E-state index contributed by atoms with van der Waals surface area (Å²) in [6.45, 7) is 1.95. The van der Waals surface area contributed by atoms with E-state index in [1.165, 1.54) is 22.8 Å². The van der Waals surface area contributed by atoms with Crippen molar-refractivity contribution >= 4 is 50.2 Å². The van der Waals surface area contributed by atoms with Crippen LogP contribution in [0.2, 0.25) is 0 Å². The molecule has 1 N–H and O–H groups in total. The number of amidine groups is 1. The first-order chi connectivity index (χ1) is 13.5. The highest BCUT2D eigenvalue weighted by Gasteiger charge is 2.37. The SMILES string of the molecule is CCSC1=NN2C(=c3cc(Br)ccc3=N[C@@H]2c2ccccc2[N+](=O)[O-])C(=O)N1. The zero-order valence-electron chi connectivity index (χ0n) is 14.6. The van der Waals surface area contributed by atoms with Crippen molar-refractivity contribution in [1.29, 1.82) is 0 Å². The van der Waals surface area contributed by atoms with Crippen molar-refractivity contribution in [3.8, 4) is 0 Å². The summed E-state index contributed by atoms with van der Waals surface area (Å²) in [7, 11) is 0. The summed E-state index contributed by atoms with van der Waals surface area (Å²) in [4.78, 5) is 28.7. The first-order valence-corrected chi connectivity index (χ1v) is 10.2. The molecule has 0 spiro atoms. The van der Waals surface area contributed by atoms with Gasteiger partial charge in [-0.05, 0) is 30.0 Å².